The summed E-state index contributed by atoms with van der Waals surface area (Å²) >= 11 is 5.95. The Hall–Kier alpha value is -1.32. The highest BCUT2D eigenvalue weighted by Gasteiger charge is 2.14. The average Bonchev–Trinajstić information content (AvgIpc) is 2.46. The van der Waals surface area contributed by atoms with Gasteiger partial charge in [-0.2, -0.15) is 5.26 Å². The molecule has 20 heavy (non-hydrogen) atoms. The van der Waals surface area contributed by atoms with E-state index >= 15 is 0 Å². The third-order valence-electron chi connectivity index (χ3n) is 3.20. The van der Waals surface area contributed by atoms with Crippen LogP contribution in [0, 0.1) is 11.3 Å². The molecule has 1 heterocycles. The van der Waals surface area contributed by atoms with Crippen LogP contribution in [-0.4, -0.2) is 55.5 Å². The van der Waals surface area contributed by atoms with Crippen molar-refractivity contribution >= 4 is 17.3 Å². The molecule has 1 aromatic rings. The standard InChI is InChI=1S/C14H18ClN3O2/c15-14-7-12(2-1-11(14)8-16)17-9-13(19)10-18-3-5-20-6-4-18/h1-2,7,13,17,19H,3-6,9-10H2. The normalized spacial score (nSPS) is 17.4. The van der Waals surface area contributed by atoms with Gasteiger partial charge in [0.25, 0.3) is 0 Å². The molecule has 1 atom stereocenters. The van der Waals surface area contributed by atoms with E-state index in [1.54, 1.807) is 18.2 Å². The number of morpholine rings is 1. The summed E-state index contributed by atoms with van der Waals surface area (Å²) in [6.07, 6.45) is -0.456. The fraction of sp³-hybridized carbons (Fsp3) is 0.500. The van der Waals surface area contributed by atoms with Crippen LogP contribution in [0.15, 0.2) is 18.2 Å². The van der Waals surface area contributed by atoms with E-state index in [0.29, 0.717) is 23.7 Å². The lowest BCUT2D eigenvalue weighted by atomic mass is 10.2. The SMILES string of the molecule is N#Cc1ccc(NCC(O)CN2CCOCC2)cc1Cl. The number of nitriles is 1. The van der Waals surface area contributed by atoms with Crippen LogP contribution in [0.3, 0.4) is 0 Å². The van der Waals surface area contributed by atoms with E-state index in [9.17, 15) is 5.11 Å². The molecule has 2 N–H and O–H groups in total. The van der Waals surface area contributed by atoms with E-state index in [4.69, 9.17) is 21.6 Å². The maximum absolute atomic E-state index is 10.0. The smallest absolute Gasteiger partial charge is 0.101 e. The van der Waals surface area contributed by atoms with E-state index in [0.717, 1.165) is 32.0 Å². The summed E-state index contributed by atoms with van der Waals surface area (Å²) in [5.74, 6) is 0. The molecule has 0 bridgehead atoms. The van der Waals surface area contributed by atoms with Gasteiger partial charge in [-0.15, -0.1) is 0 Å². The number of aliphatic hydroxyl groups is 1. The molecular weight excluding hydrogens is 278 g/mol. The first kappa shape index (κ1) is 15.1. The number of β-amino-alcohol motifs (C(OH)–C–C–N with tert-alkyl or cyclic N) is 1. The Balaban J connectivity index is 1.79. The van der Waals surface area contributed by atoms with Crippen molar-refractivity contribution in [1.82, 2.24) is 4.90 Å². The number of ether oxygens (including phenoxy) is 1. The molecule has 1 saturated heterocycles. The number of rotatable bonds is 5. The minimum atomic E-state index is -0.456. The van der Waals surface area contributed by atoms with Crippen LogP contribution in [0.1, 0.15) is 5.56 Å². The van der Waals surface area contributed by atoms with E-state index in [-0.39, 0.29) is 0 Å². The van der Waals surface area contributed by atoms with Crippen LogP contribution in [0.2, 0.25) is 5.02 Å². The van der Waals surface area contributed by atoms with Gasteiger partial charge in [-0.05, 0) is 18.2 Å². The van der Waals surface area contributed by atoms with Crippen molar-refractivity contribution in [2.75, 3.05) is 44.7 Å². The van der Waals surface area contributed by atoms with Gasteiger partial charge in [-0.3, -0.25) is 4.90 Å². The Labute approximate surface area is 123 Å². The van der Waals surface area contributed by atoms with Gasteiger partial charge in [0.15, 0.2) is 0 Å². The van der Waals surface area contributed by atoms with Crippen molar-refractivity contribution < 1.29 is 9.84 Å². The molecule has 1 aromatic carbocycles. The van der Waals surface area contributed by atoms with Gasteiger partial charge in [-0.1, -0.05) is 11.6 Å². The summed E-state index contributed by atoms with van der Waals surface area (Å²) in [6, 6.07) is 7.16. The van der Waals surface area contributed by atoms with Gasteiger partial charge in [0.05, 0.1) is 29.9 Å². The molecule has 0 radical (unpaired) electrons. The zero-order chi connectivity index (χ0) is 14.4. The molecule has 108 valence electrons. The molecule has 0 aliphatic carbocycles. The second-order valence-corrected chi connectivity index (χ2v) is 5.16. The molecule has 1 fully saturated rings. The maximum atomic E-state index is 10.0. The number of nitrogens with one attached hydrogen (secondary N) is 1. The van der Waals surface area contributed by atoms with Crippen molar-refractivity contribution in [1.29, 1.82) is 5.26 Å². The number of anilines is 1. The Kier molecular flexibility index (Phi) is 5.62. The predicted molar refractivity (Wildman–Crippen MR) is 77.9 cm³/mol. The minimum Gasteiger partial charge on any atom is -0.390 e. The predicted octanol–water partition coefficient (Wildman–Crippen LogP) is 1.32. The van der Waals surface area contributed by atoms with Crippen LogP contribution in [0.25, 0.3) is 0 Å². The van der Waals surface area contributed by atoms with Gasteiger partial charge in [0, 0.05) is 31.9 Å². The van der Waals surface area contributed by atoms with Crippen molar-refractivity contribution in [3.63, 3.8) is 0 Å². The average molecular weight is 296 g/mol. The summed E-state index contributed by atoms with van der Waals surface area (Å²) in [5.41, 5.74) is 1.25. The highest BCUT2D eigenvalue weighted by atomic mass is 35.5. The lowest BCUT2D eigenvalue weighted by Crippen LogP contribution is -2.42. The zero-order valence-electron chi connectivity index (χ0n) is 11.2. The second-order valence-electron chi connectivity index (χ2n) is 4.75. The maximum Gasteiger partial charge on any atom is 0.101 e. The molecule has 0 saturated carbocycles. The summed E-state index contributed by atoms with van der Waals surface area (Å²) in [4.78, 5) is 2.18. The molecular formula is C14H18ClN3O2. The zero-order valence-corrected chi connectivity index (χ0v) is 11.9. The molecule has 2 rings (SSSR count). The third-order valence-corrected chi connectivity index (χ3v) is 3.52. The Morgan fingerprint density at radius 1 is 1.45 bits per heavy atom. The highest BCUT2D eigenvalue weighted by Crippen LogP contribution is 2.20. The van der Waals surface area contributed by atoms with Crippen LogP contribution < -0.4 is 5.32 Å². The van der Waals surface area contributed by atoms with Crippen LogP contribution in [-0.2, 0) is 4.74 Å². The van der Waals surface area contributed by atoms with Crippen molar-refractivity contribution in [2.24, 2.45) is 0 Å². The van der Waals surface area contributed by atoms with E-state index in [2.05, 4.69) is 10.2 Å². The summed E-state index contributed by atoms with van der Waals surface area (Å²) in [5, 5.41) is 22.3. The molecule has 1 aliphatic heterocycles. The van der Waals surface area contributed by atoms with Gasteiger partial charge >= 0.3 is 0 Å². The number of benzene rings is 1. The largest absolute Gasteiger partial charge is 0.390 e. The van der Waals surface area contributed by atoms with E-state index in [1.165, 1.54) is 0 Å². The van der Waals surface area contributed by atoms with Crippen molar-refractivity contribution in [3.8, 4) is 6.07 Å². The third kappa shape index (κ3) is 4.36. The molecule has 1 unspecified atom stereocenters. The van der Waals surface area contributed by atoms with Gasteiger partial charge in [0.1, 0.15) is 6.07 Å². The monoisotopic (exact) mass is 295 g/mol. The molecule has 0 spiro atoms. The summed E-state index contributed by atoms with van der Waals surface area (Å²) in [6.45, 7) is 4.25. The van der Waals surface area contributed by atoms with Gasteiger partial charge in [-0.25, -0.2) is 0 Å². The second kappa shape index (κ2) is 7.46. The molecule has 0 amide bonds. The number of aliphatic hydroxyl groups excluding tert-OH is 1. The van der Waals surface area contributed by atoms with Crippen LogP contribution in [0.5, 0.6) is 0 Å². The number of hydrogen-bond donors (Lipinski definition) is 2. The van der Waals surface area contributed by atoms with Crippen molar-refractivity contribution in [2.45, 2.75) is 6.10 Å². The van der Waals surface area contributed by atoms with Gasteiger partial charge in [0.2, 0.25) is 0 Å². The Bertz CT molecular complexity index is 484. The number of nitrogens with zero attached hydrogens (tertiary/aromatic N) is 2. The molecule has 6 heteroatoms. The molecule has 5 nitrogen and oxygen atoms in total. The first-order valence-corrected chi connectivity index (χ1v) is 6.98. The quantitative estimate of drug-likeness (QED) is 0.857. The summed E-state index contributed by atoms with van der Waals surface area (Å²) in [7, 11) is 0. The fourth-order valence-corrected chi connectivity index (χ4v) is 2.32. The first-order chi connectivity index (χ1) is 9.69. The molecule has 0 aromatic heterocycles. The fourth-order valence-electron chi connectivity index (χ4n) is 2.10. The van der Waals surface area contributed by atoms with E-state index in [1.807, 2.05) is 6.07 Å². The van der Waals surface area contributed by atoms with Crippen LogP contribution >= 0.6 is 11.6 Å². The highest BCUT2D eigenvalue weighted by molar-refractivity contribution is 6.32. The Morgan fingerprint density at radius 2 is 2.20 bits per heavy atom. The summed E-state index contributed by atoms with van der Waals surface area (Å²) < 4.78 is 5.27. The number of halogens is 1. The lowest BCUT2D eigenvalue weighted by Gasteiger charge is -2.28. The van der Waals surface area contributed by atoms with E-state index < -0.39 is 6.10 Å². The van der Waals surface area contributed by atoms with Gasteiger partial charge < -0.3 is 15.2 Å². The van der Waals surface area contributed by atoms with Crippen molar-refractivity contribution in [3.05, 3.63) is 28.8 Å². The van der Waals surface area contributed by atoms with Crippen LogP contribution in [0.4, 0.5) is 5.69 Å². The Morgan fingerprint density at radius 3 is 2.85 bits per heavy atom. The minimum absolute atomic E-state index is 0.417. The first-order valence-electron chi connectivity index (χ1n) is 6.60. The number of hydrogen-bond acceptors (Lipinski definition) is 5. The topological polar surface area (TPSA) is 68.5 Å². The molecule has 1 aliphatic rings. The lowest BCUT2D eigenvalue weighted by molar-refractivity contribution is 0.0171.